The summed E-state index contributed by atoms with van der Waals surface area (Å²) in [7, 11) is 1.64. The van der Waals surface area contributed by atoms with Gasteiger partial charge < -0.3 is 15.0 Å². The van der Waals surface area contributed by atoms with Crippen LogP contribution in [0.4, 0.5) is 0 Å². The summed E-state index contributed by atoms with van der Waals surface area (Å²) in [5.41, 5.74) is 8.55. The fraction of sp³-hybridized carbons (Fsp3) is 0.300. The smallest absolute Gasteiger partial charge is 0.241 e. The highest BCUT2D eigenvalue weighted by Crippen LogP contribution is 2.27. The van der Waals surface area contributed by atoms with Gasteiger partial charge in [-0.1, -0.05) is 35.5 Å². The minimum absolute atomic E-state index is 0. The summed E-state index contributed by atoms with van der Waals surface area (Å²) < 4.78 is 10.6. The van der Waals surface area contributed by atoms with Gasteiger partial charge in [0.05, 0.1) is 13.7 Å². The Hall–Kier alpha value is -2.41. The van der Waals surface area contributed by atoms with Gasteiger partial charge in [-0.2, -0.15) is 4.98 Å². The van der Waals surface area contributed by atoms with Gasteiger partial charge in [-0.3, -0.25) is 4.90 Å². The number of benzene rings is 2. The van der Waals surface area contributed by atoms with Gasteiger partial charge in [0.15, 0.2) is 0 Å². The Labute approximate surface area is 164 Å². The molecular formula is C20H23ClN4O2. The lowest BCUT2D eigenvalue weighted by Gasteiger charge is -2.14. The van der Waals surface area contributed by atoms with E-state index in [1.165, 1.54) is 5.56 Å². The average molecular weight is 387 g/mol. The van der Waals surface area contributed by atoms with Crippen LogP contribution in [0.25, 0.3) is 11.4 Å². The van der Waals surface area contributed by atoms with Crippen molar-refractivity contribution in [2.75, 3.05) is 20.2 Å². The molecule has 0 aliphatic carbocycles. The Balaban J connectivity index is 0.00000210. The van der Waals surface area contributed by atoms with E-state index in [1.54, 1.807) is 7.11 Å². The summed E-state index contributed by atoms with van der Waals surface area (Å²) in [6, 6.07) is 18.2. The quantitative estimate of drug-likeness (QED) is 0.726. The Morgan fingerprint density at radius 3 is 2.56 bits per heavy atom. The molecule has 0 amide bonds. The van der Waals surface area contributed by atoms with Crippen molar-refractivity contribution in [3.8, 4) is 17.1 Å². The Morgan fingerprint density at radius 2 is 1.85 bits per heavy atom. The summed E-state index contributed by atoms with van der Waals surface area (Å²) >= 11 is 0. The molecule has 2 atom stereocenters. The SMILES string of the molecule is COc1ccc(-c2noc(CN3C[C@@H](N)[C@H](c4ccccc4)C3)n2)cc1.Cl. The second-order valence-electron chi connectivity index (χ2n) is 6.62. The molecule has 6 nitrogen and oxygen atoms in total. The van der Waals surface area contributed by atoms with Crippen molar-refractivity contribution >= 4 is 12.4 Å². The molecule has 7 heteroatoms. The molecular weight excluding hydrogens is 364 g/mol. The normalized spacial score (nSPS) is 19.6. The Kier molecular flexibility index (Phi) is 6.11. The van der Waals surface area contributed by atoms with Crippen molar-refractivity contribution in [1.29, 1.82) is 0 Å². The third kappa shape index (κ3) is 4.30. The summed E-state index contributed by atoms with van der Waals surface area (Å²) in [5, 5.41) is 4.10. The Bertz CT molecular complexity index is 854. The molecule has 142 valence electrons. The number of hydrogen-bond acceptors (Lipinski definition) is 6. The summed E-state index contributed by atoms with van der Waals surface area (Å²) in [4.78, 5) is 6.79. The fourth-order valence-corrected chi connectivity index (χ4v) is 3.46. The summed E-state index contributed by atoms with van der Waals surface area (Å²) in [6.07, 6.45) is 0. The third-order valence-electron chi connectivity index (χ3n) is 4.84. The van der Waals surface area contributed by atoms with Crippen LogP contribution in [0.1, 0.15) is 17.4 Å². The van der Waals surface area contributed by atoms with Gasteiger partial charge in [-0.25, -0.2) is 0 Å². The molecule has 1 saturated heterocycles. The molecule has 2 N–H and O–H groups in total. The number of nitrogens with zero attached hydrogens (tertiary/aromatic N) is 3. The fourth-order valence-electron chi connectivity index (χ4n) is 3.46. The van der Waals surface area contributed by atoms with Gasteiger partial charge in [0.2, 0.25) is 11.7 Å². The largest absolute Gasteiger partial charge is 0.497 e. The number of likely N-dealkylation sites (tertiary alicyclic amines) is 1. The highest BCUT2D eigenvalue weighted by atomic mass is 35.5. The number of nitrogens with two attached hydrogens (primary N) is 1. The van der Waals surface area contributed by atoms with Gasteiger partial charge in [0.25, 0.3) is 0 Å². The molecule has 2 aromatic carbocycles. The number of halogens is 1. The molecule has 0 bridgehead atoms. The first-order valence-corrected chi connectivity index (χ1v) is 8.73. The van der Waals surface area contributed by atoms with E-state index in [9.17, 15) is 0 Å². The average Bonchev–Trinajstić information content (AvgIpc) is 3.29. The lowest BCUT2D eigenvalue weighted by Crippen LogP contribution is -2.28. The molecule has 1 aromatic heterocycles. The minimum atomic E-state index is 0. The zero-order valence-corrected chi connectivity index (χ0v) is 15.9. The maximum absolute atomic E-state index is 6.36. The second-order valence-corrected chi connectivity index (χ2v) is 6.62. The molecule has 0 radical (unpaired) electrons. The van der Waals surface area contributed by atoms with Crippen LogP contribution in [0.3, 0.4) is 0 Å². The van der Waals surface area contributed by atoms with Crippen molar-refractivity contribution in [3.05, 3.63) is 66.1 Å². The van der Waals surface area contributed by atoms with Gasteiger partial charge in [0, 0.05) is 30.6 Å². The first-order valence-electron chi connectivity index (χ1n) is 8.73. The number of rotatable bonds is 5. The first-order chi connectivity index (χ1) is 12.7. The van der Waals surface area contributed by atoms with Crippen LogP contribution in [0.2, 0.25) is 0 Å². The highest BCUT2D eigenvalue weighted by Gasteiger charge is 2.32. The van der Waals surface area contributed by atoms with Crippen LogP contribution < -0.4 is 10.5 Å². The predicted octanol–water partition coefficient (Wildman–Crippen LogP) is 3.09. The van der Waals surface area contributed by atoms with E-state index in [2.05, 4.69) is 39.3 Å². The van der Waals surface area contributed by atoms with Crippen molar-refractivity contribution in [2.45, 2.75) is 18.5 Å². The molecule has 27 heavy (non-hydrogen) atoms. The molecule has 0 saturated carbocycles. The standard InChI is InChI=1S/C20H22N4O2.ClH/c1-25-16-9-7-15(8-10-16)20-22-19(26-23-20)13-24-11-17(18(21)12-24)14-5-3-2-4-6-14;/h2-10,17-18H,11-13,21H2,1H3;1H/t17-,18+;/m0./s1. The number of aromatic nitrogens is 2. The number of ether oxygens (including phenoxy) is 1. The predicted molar refractivity (Wildman–Crippen MR) is 106 cm³/mol. The number of hydrogen-bond donors (Lipinski definition) is 1. The van der Waals surface area contributed by atoms with E-state index in [0.717, 1.165) is 24.4 Å². The van der Waals surface area contributed by atoms with E-state index in [-0.39, 0.29) is 18.4 Å². The molecule has 1 aliphatic rings. The first kappa shape index (κ1) is 19.4. The highest BCUT2D eigenvalue weighted by molar-refractivity contribution is 5.85. The molecule has 1 aliphatic heterocycles. The van der Waals surface area contributed by atoms with E-state index in [1.807, 2.05) is 30.3 Å². The van der Waals surface area contributed by atoms with E-state index in [0.29, 0.717) is 24.2 Å². The second kappa shape index (κ2) is 8.52. The van der Waals surface area contributed by atoms with Crippen LogP contribution in [-0.4, -0.2) is 41.3 Å². The summed E-state index contributed by atoms with van der Waals surface area (Å²) in [6.45, 7) is 2.32. The van der Waals surface area contributed by atoms with Crippen molar-refractivity contribution < 1.29 is 9.26 Å². The van der Waals surface area contributed by atoms with Crippen molar-refractivity contribution in [2.24, 2.45) is 5.73 Å². The van der Waals surface area contributed by atoms with E-state index >= 15 is 0 Å². The monoisotopic (exact) mass is 386 g/mol. The van der Waals surface area contributed by atoms with Crippen LogP contribution in [0, 0.1) is 0 Å². The van der Waals surface area contributed by atoms with Gasteiger partial charge in [0.1, 0.15) is 5.75 Å². The van der Waals surface area contributed by atoms with E-state index < -0.39 is 0 Å². The number of methoxy groups -OCH3 is 1. The topological polar surface area (TPSA) is 77.4 Å². The maximum atomic E-state index is 6.36. The molecule has 0 unspecified atom stereocenters. The van der Waals surface area contributed by atoms with Crippen LogP contribution in [-0.2, 0) is 6.54 Å². The van der Waals surface area contributed by atoms with Crippen LogP contribution in [0.5, 0.6) is 5.75 Å². The molecule has 4 rings (SSSR count). The molecule has 3 aromatic rings. The lowest BCUT2D eigenvalue weighted by molar-refractivity contribution is 0.264. The van der Waals surface area contributed by atoms with Gasteiger partial charge in [-0.05, 0) is 29.8 Å². The van der Waals surface area contributed by atoms with E-state index in [4.69, 9.17) is 15.0 Å². The zero-order chi connectivity index (χ0) is 17.9. The lowest BCUT2D eigenvalue weighted by atomic mass is 9.95. The zero-order valence-electron chi connectivity index (χ0n) is 15.1. The van der Waals surface area contributed by atoms with Gasteiger partial charge in [-0.15, -0.1) is 12.4 Å². The third-order valence-corrected chi connectivity index (χ3v) is 4.84. The van der Waals surface area contributed by atoms with Crippen LogP contribution in [0.15, 0.2) is 59.1 Å². The van der Waals surface area contributed by atoms with Crippen LogP contribution >= 0.6 is 12.4 Å². The molecule has 0 spiro atoms. The summed E-state index contributed by atoms with van der Waals surface area (Å²) in [5.74, 6) is 2.33. The van der Waals surface area contributed by atoms with Gasteiger partial charge >= 0.3 is 0 Å². The van der Waals surface area contributed by atoms with Crippen molar-refractivity contribution in [1.82, 2.24) is 15.0 Å². The Morgan fingerprint density at radius 1 is 1.11 bits per heavy atom. The minimum Gasteiger partial charge on any atom is -0.497 e. The molecule has 1 fully saturated rings. The maximum Gasteiger partial charge on any atom is 0.241 e. The molecule has 2 heterocycles. The van der Waals surface area contributed by atoms with Crippen molar-refractivity contribution in [3.63, 3.8) is 0 Å².